The Bertz CT molecular complexity index is 762. The summed E-state index contributed by atoms with van der Waals surface area (Å²) in [7, 11) is 1.52. The van der Waals surface area contributed by atoms with Gasteiger partial charge in [0.25, 0.3) is 0 Å². The lowest BCUT2D eigenvalue weighted by Crippen LogP contribution is -2.56. The SMILES string of the molecule is COc1cccc2c1CC(O)(C(=O)OC13CC4CC(CC(C4)C1)C3)C2=O. The number of carbonyl (C=O) groups excluding carboxylic acids is 2. The van der Waals surface area contributed by atoms with Crippen LogP contribution < -0.4 is 4.74 Å². The Balaban J connectivity index is 1.42. The molecule has 0 aromatic heterocycles. The lowest BCUT2D eigenvalue weighted by Gasteiger charge is -2.56. The van der Waals surface area contributed by atoms with Gasteiger partial charge in [0.2, 0.25) is 11.4 Å². The Morgan fingerprint density at radius 3 is 2.31 bits per heavy atom. The zero-order valence-electron chi connectivity index (χ0n) is 15.0. The van der Waals surface area contributed by atoms with E-state index in [0.717, 1.165) is 19.3 Å². The maximum Gasteiger partial charge on any atom is 0.347 e. The van der Waals surface area contributed by atoms with Crippen molar-refractivity contribution in [2.75, 3.05) is 7.11 Å². The van der Waals surface area contributed by atoms with Gasteiger partial charge in [0, 0.05) is 17.5 Å². The monoisotopic (exact) mass is 356 g/mol. The number of hydrogen-bond acceptors (Lipinski definition) is 5. The van der Waals surface area contributed by atoms with Crippen molar-refractivity contribution >= 4 is 11.8 Å². The molecule has 4 saturated carbocycles. The molecule has 4 fully saturated rings. The van der Waals surface area contributed by atoms with Gasteiger partial charge in [-0.05, 0) is 62.3 Å². The van der Waals surface area contributed by atoms with Crippen LogP contribution in [0.15, 0.2) is 18.2 Å². The van der Waals surface area contributed by atoms with Gasteiger partial charge in [-0.25, -0.2) is 4.79 Å². The molecule has 5 aliphatic carbocycles. The van der Waals surface area contributed by atoms with Gasteiger partial charge in [-0.3, -0.25) is 4.79 Å². The highest BCUT2D eigenvalue weighted by Gasteiger charge is 2.58. The van der Waals surface area contributed by atoms with Crippen molar-refractivity contribution in [2.45, 2.75) is 56.1 Å². The zero-order valence-corrected chi connectivity index (χ0v) is 15.0. The predicted molar refractivity (Wildman–Crippen MR) is 93.0 cm³/mol. The summed E-state index contributed by atoms with van der Waals surface area (Å²) in [5, 5.41) is 11.0. The number of ether oxygens (including phenoxy) is 2. The Morgan fingerprint density at radius 1 is 1.12 bits per heavy atom. The van der Waals surface area contributed by atoms with E-state index in [1.54, 1.807) is 18.2 Å². The first-order valence-electron chi connectivity index (χ1n) is 9.59. The number of aliphatic hydroxyl groups is 1. The largest absolute Gasteiger partial charge is 0.496 e. The second kappa shape index (κ2) is 5.32. The topological polar surface area (TPSA) is 72.8 Å². The fourth-order valence-corrected chi connectivity index (χ4v) is 6.31. The number of hydrogen-bond donors (Lipinski definition) is 1. The molecular weight excluding hydrogens is 332 g/mol. The number of carbonyl (C=O) groups is 2. The lowest BCUT2D eigenvalue weighted by atomic mass is 9.54. The molecule has 1 N–H and O–H groups in total. The molecule has 0 heterocycles. The number of esters is 1. The van der Waals surface area contributed by atoms with Crippen LogP contribution in [0.5, 0.6) is 5.75 Å². The van der Waals surface area contributed by atoms with E-state index in [1.165, 1.54) is 26.4 Å². The molecule has 0 aliphatic heterocycles. The Kier molecular flexibility index (Phi) is 3.34. The third-order valence-electron chi connectivity index (χ3n) is 7.03. The van der Waals surface area contributed by atoms with Crippen molar-refractivity contribution < 1.29 is 24.2 Å². The number of methoxy groups -OCH3 is 1. The van der Waals surface area contributed by atoms with Gasteiger partial charge in [0.1, 0.15) is 11.4 Å². The van der Waals surface area contributed by atoms with E-state index < -0.39 is 23.0 Å². The van der Waals surface area contributed by atoms with Crippen molar-refractivity contribution in [1.82, 2.24) is 0 Å². The van der Waals surface area contributed by atoms with Crippen molar-refractivity contribution in [3.63, 3.8) is 0 Å². The predicted octanol–water partition coefficient (Wildman–Crippen LogP) is 2.68. The molecule has 0 spiro atoms. The van der Waals surface area contributed by atoms with Crippen LogP contribution in [-0.2, 0) is 16.0 Å². The van der Waals surface area contributed by atoms with E-state index >= 15 is 0 Å². The maximum absolute atomic E-state index is 13.0. The van der Waals surface area contributed by atoms with Crippen LogP contribution in [0.4, 0.5) is 0 Å². The van der Waals surface area contributed by atoms with Crippen LogP contribution in [0.1, 0.15) is 54.4 Å². The second-order valence-corrected chi connectivity index (χ2v) is 8.84. The number of Topliss-reactive ketones (excluding diaryl/α,β-unsaturated/α-hetero) is 1. The van der Waals surface area contributed by atoms with Gasteiger partial charge < -0.3 is 14.6 Å². The van der Waals surface area contributed by atoms with Crippen LogP contribution in [0.25, 0.3) is 0 Å². The number of ketones is 1. The minimum absolute atomic E-state index is 0.0730. The van der Waals surface area contributed by atoms with Gasteiger partial charge in [-0.1, -0.05) is 12.1 Å². The van der Waals surface area contributed by atoms with Crippen molar-refractivity contribution in [2.24, 2.45) is 17.8 Å². The lowest BCUT2D eigenvalue weighted by molar-refractivity contribution is -0.199. The summed E-state index contributed by atoms with van der Waals surface area (Å²) >= 11 is 0. The average molecular weight is 356 g/mol. The molecule has 0 amide bonds. The molecule has 6 rings (SSSR count). The molecule has 0 radical (unpaired) electrons. The first-order chi connectivity index (χ1) is 12.4. The van der Waals surface area contributed by atoms with Crippen LogP contribution in [0.3, 0.4) is 0 Å². The average Bonchev–Trinajstić information content (AvgIpc) is 2.86. The minimum Gasteiger partial charge on any atom is -0.496 e. The fourth-order valence-electron chi connectivity index (χ4n) is 6.31. The summed E-state index contributed by atoms with van der Waals surface area (Å²) in [5.74, 6) is 1.05. The van der Waals surface area contributed by atoms with Gasteiger partial charge in [-0.2, -0.15) is 0 Å². The summed E-state index contributed by atoms with van der Waals surface area (Å²) in [6.07, 6.45) is 6.28. The quantitative estimate of drug-likeness (QED) is 0.666. The van der Waals surface area contributed by atoms with E-state index in [-0.39, 0.29) is 6.42 Å². The zero-order chi connectivity index (χ0) is 18.1. The Labute approximate surface area is 152 Å². The summed E-state index contributed by atoms with van der Waals surface area (Å²) in [5.41, 5.74) is -1.65. The van der Waals surface area contributed by atoms with E-state index in [0.29, 0.717) is 34.6 Å². The Morgan fingerprint density at radius 2 is 1.73 bits per heavy atom. The molecule has 1 atom stereocenters. The van der Waals surface area contributed by atoms with Gasteiger partial charge >= 0.3 is 5.97 Å². The summed E-state index contributed by atoms with van der Waals surface area (Å²) in [4.78, 5) is 25.8. The van der Waals surface area contributed by atoms with Crippen molar-refractivity contribution in [1.29, 1.82) is 0 Å². The Hall–Kier alpha value is -1.88. The highest BCUT2D eigenvalue weighted by Crippen LogP contribution is 2.57. The molecule has 4 bridgehead atoms. The second-order valence-electron chi connectivity index (χ2n) is 8.84. The minimum atomic E-state index is -2.12. The highest BCUT2D eigenvalue weighted by molar-refractivity contribution is 6.19. The normalized spacial score (nSPS) is 39.8. The molecule has 5 heteroatoms. The molecule has 5 nitrogen and oxygen atoms in total. The first kappa shape index (κ1) is 16.3. The third kappa shape index (κ3) is 2.19. The maximum atomic E-state index is 13.0. The number of fused-ring (bicyclic) bond motifs is 1. The first-order valence-corrected chi connectivity index (χ1v) is 9.59. The molecule has 0 saturated heterocycles. The summed E-state index contributed by atoms with van der Waals surface area (Å²) in [6, 6.07) is 5.07. The van der Waals surface area contributed by atoms with E-state index in [9.17, 15) is 14.7 Å². The molecule has 138 valence electrons. The third-order valence-corrected chi connectivity index (χ3v) is 7.03. The van der Waals surface area contributed by atoms with Gasteiger partial charge in [0.15, 0.2) is 0 Å². The standard InChI is InChI=1S/C21H24O5/c1-25-17-4-2-3-15-16(17)11-21(24,18(15)22)19(23)26-20-8-12-5-13(9-20)7-14(6-12)10-20/h2-4,12-14,24H,5-11H2,1H3. The molecule has 5 aliphatic rings. The summed E-state index contributed by atoms with van der Waals surface area (Å²) in [6.45, 7) is 0. The van der Waals surface area contributed by atoms with Crippen LogP contribution in [0, 0.1) is 17.8 Å². The highest BCUT2D eigenvalue weighted by atomic mass is 16.6. The van der Waals surface area contributed by atoms with Crippen molar-refractivity contribution in [3.8, 4) is 5.75 Å². The fraction of sp³-hybridized carbons (Fsp3) is 0.619. The molecule has 1 unspecified atom stereocenters. The number of benzene rings is 1. The van der Waals surface area contributed by atoms with E-state index in [2.05, 4.69) is 0 Å². The van der Waals surface area contributed by atoms with Crippen LogP contribution in [0.2, 0.25) is 0 Å². The molecular formula is C21H24O5. The van der Waals surface area contributed by atoms with E-state index in [1.807, 2.05) is 0 Å². The van der Waals surface area contributed by atoms with Crippen molar-refractivity contribution in [3.05, 3.63) is 29.3 Å². The van der Waals surface area contributed by atoms with Crippen LogP contribution >= 0.6 is 0 Å². The van der Waals surface area contributed by atoms with Gasteiger partial charge in [-0.15, -0.1) is 0 Å². The van der Waals surface area contributed by atoms with Gasteiger partial charge in [0.05, 0.1) is 7.11 Å². The number of rotatable bonds is 3. The van der Waals surface area contributed by atoms with E-state index in [4.69, 9.17) is 9.47 Å². The molecule has 1 aromatic carbocycles. The smallest absolute Gasteiger partial charge is 0.347 e. The molecule has 26 heavy (non-hydrogen) atoms. The summed E-state index contributed by atoms with van der Waals surface area (Å²) < 4.78 is 11.3. The molecule has 1 aromatic rings. The van der Waals surface area contributed by atoms with Crippen LogP contribution in [-0.4, -0.2) is 35.2 Å².